The minimum absolute atomic E-state index is 0.623. The monoisotopic (exact) mass is 165 g/mol. The van der Waals surface area contributed by atoms with Crippen molar-refractivity contribution in [3.8, 4) is 0 Å². The lowest BCUT2D eigenvalue weighted by atomic mass is 10.2. The average molecular weight is 166 g/mol. The average Bonchev–Trinajstić information content (AvgIpc) is 2.27. The van der Waals surface area contributed by atoms with Gasteiger partial charge in [0, 0.05) is 16.5 Å². The van der Waals surface area contributed by atoms with Crippen LogP contribution in [0.2, 0.25) is 5.02 Å². The van der Waals surface area contributed by atoms with Crippen LogP contribution < -0.4 is 0 Å². The molecule has 1 nitrogen and oxygen atoms in total. The van der Waals surface area contributed by atoms with Gasteiger partial charge in [0.25, 0.3) is 0 Å². The van der Waals surface area contributed by atoms with Crippen LogP contribution in [0, 0.1) is 13.0 Å². The third-order valence-corrected chi connectivity index (χ3v) is 1.74. The van der Waals surface area contributed by atoms with Crippen LogP contribution >= 0.6 is 11.6 Å². The van der Waals surface area contributed by atoms with Gasteiger partial charge in [-0.1, -0.05) is 11.6 Å². The van der Waals surface area contributed by atoms with Crippen LogP contribution in [0.25, 0.3) is 11.0 Å². The van der Waals surface area contributed by atoms with Gasteiger partial charge in [-0.25, -0.2) is 0 Å². The topological polar surface area (TPSA) is 13.1 Å². The van der Waals surface area contributed by atoms with Crippen molar-refractivity contribution >= 4 is 22.6 Å². The summed E-state index contributed by atoms with van der Waals surface area (Å²) in [4.78, 5) is 0. The number of benzene rings is 1. The Morgan fingerprint density at radius 2 is 2.27 bits per heavy atom. The molecule has 0 N–H and O–H groups in total. The summed E-state index contributed by atoms with van der Waals surface area (Å²) in [5.41, 5.74) is 0.840. The van der Waals surface area contributed by atoms with E-state index in [1.807, 2.05) is 19.1 Å². The molecule has 1 aromatic carbocycles. The first-order valence-corrected chi connectivity index (χ1v) is 3.71. The second-order valence-electron chi connectivity index (χ2n) is 2.44. The summed E-state index contributed by atoms with van der Waals surface area (Å²) >= 11 is 5.73. The maximum Gasteiger partial charge on any atom is 0.134 e. The lowest BCUT2D eigenvalue weighted by Gasteiger charge is -1.86. The zero-order chi connectivity index (χ0) is 7.84. The predicted molar refractivity (Wildman–Crippen MR) is 44.8 cm³/mol. The van der Waals surface area contributed by atoms with Crippen molar-refractivity contribution in [2.75, 3.05) is 0 Å². The molecule has 11 heavy (non-hydrogen) atoms. The molecule has 0 aliphatic rings. The number of fused-ring (bicyclic) bond motifs is 1. The van der Waals surface area contributed by atoms with Crippen molar-refractivity contribution in [1.29, 1.82) is 0 Å². The van der Waals surface area contributed by atoms with Gasteiger partial charge in [0.05, 0.1) is 0 Å². The number of furan rings is 1. The third-order valence-electron chi connectivity index (χ3n) is 1.52. The molecule has 1 radical (unpaired) electrons. The fourth-order valence-electron chi connectivity index (χ4n) is 1.07. The SMILES string of the molecule is Cc1cc2[c]c(Cl)ccc2o1. The van der Waals surface area contributed by atoms with Crippen molar-refractivity contribution in [3.05, 3.63) is 35.0 Å². The predicted octanol–water partition coefficient (Wildman–Crippen LogP) is 3.19. The Kier molecular flexibility index (Phi) is 1.40. The number of aryl methyl sites for hydroxylation is 1. The normalized spacial score (nSPS) is 10.7. The van der Waals surface area contributed by atoms with Gasteiger partial charge in [0.2, 0.25) is 0 Å². The largest absolute Gasteiger partial charge is 0.461 e. The maximum absolute atomic E-state index is 5.73. The van der Waals surface area contributed by atoms with E-state index < -0.39 is 0 Å². The van der Waals surface area contributed by atoms with Gasteiger partial charge in [-0.05, 0) is 25.1 Å². The van der Waals surface area contributed by atoms with E-state index in [0.717, 1.165) is 16.7 Å². The van der Waals surface area contributed by atoms with E-state index in [0.29, 0.717) is 5.02 Å². The number of rotatable bonds is 0. The Morgan fingerprint density at radius 3 is 3.09 bits per heavy atom. The van der Waals surface area contributed by atoms with Crippen LogP contribution in [-0.2, 0) is 0 Å². The summed E-state index contributed by atoms with van der Waals surface area (Å²) in [7, 11) is 0. The van der Waals surface area contributed by atoms with Gasteiger partial charge in [-0.15, -0.1) is 0 Å². The van der Waals surface area contributed by atoms with Crippen LogP contribution in [0.3, 0.4) is 0 Å². The first-order valence-electron chi connectivity index (χ1n) is 3.34. The van der Waals surface area contributed by atoms with Gasteiger partial charge in [0.15, 0.2) is 0 Å². The van der Waals surface area contributed by atoms with Crippen molar-refractivity contribution in [3.63, 3.8) is 0 Å². The fraction of sp³-hybridized carbons (Fsp3) is 0.111. The molecule has 0 saturated heterocycles. The summed E-state index contributed by atoms with van der Waals surface area (Å²) < 4.78 is 5.33. The minimum Gasteiger partial charge on any atom is -0.461 e. The molecule has 1 heterocycles. The highest BCUT2D eigenvalue weighted by Crippen LogP contribution is 2.21. The molecule has 0 amide bonds. The Morgan fingerprint density at radius 1 is 1.45 bits per heavy atom. The fourth-order valence-corrected chi connectivity index (χ4v) is 1.24. The molecule has 1 aromatic heterocycles. The molecule has 2 heteroatoms. The molecule has 0 spiro atoms. The lowest BCUT2D eigenvalue weighted by Crippen LogP contribution is -1.63. The maximum atomic E-state index is 5.73. The van der Waals surface area contributed by atoms with E-state index in [1.165, 1.54) is 0 Å². The molecule has 0 aliphatic carbocycles. The summed E-state index contributed by atoms with van der Waals surface area (Å²) in [6.45, 7) is 1.90. The zero-order valence-electron chi connectivity index (χ0n) is 6.02. The molecule has 2 rings (SSSR count). The van der Waals surface area contributed by atoms with Crippen molar-refractivity contribution in [2.45, 2.75) is 6.92 Å². The standard InChI is InChI=1S/C9H6ClO/c1-6-4-7-5-8(10)2-3-9(7)11-6/h2-4H,1H3. The Bertz CT molecular complexity index is 389. The summed E-state index contributed by atoms with van der Waals surface area (Å²) in [5, 5.41) is 1.56. The Labute approximate surface area is 69.6 Å². The molecule has 0 atom stereocenters. The number of hydrogen-bond donors (Lipinski definition) is 0. The van der Waals surface area contributed by atoms with Gasteiger partial charge >= 0.3 is 0 Å². The van der Waals surface area contributed by atoms with Gasteiger partial charge in [0.1, 0.15) is 11.3 Å². The highest BCUT2D eigenvalue weighted by atomic mass is 35.5. The second kappa shape index (κ2) is 2.28. The smallest absolute Gasteiger partial charge is 0.134 e. The quantitative estimate of drug-likeness (QED) is 0.584. The molecular formula is C9H6ClO. The zero-order valence-corrected chi connectivity index (χ0v) is 6.77. The van der Waals surface area contributed by atoms with Crippen molar-refractivity contribution in [2.24, 2.45) is 0 Å². The van der Waals surface area contributed by atoms with E-state index in [4.69, 9.17) is 16.0 Å². The van der Waals surface area contributed by atoms with Crippen molar-refractivity contribution in [1.82, 2.24) is 0 Å². The van der Waals surface area contributed by atoms with Crippen molar-refractivity contribution < 1.29 is 4.42 Å². The lowest BCUT2D eigenvalue weighted by molar-refractivity contribution is 0.578. The van der Waals surface area contributed by atoms with Crippen LogP contribution in [0.1, 0.15) is 5.76 Å². The van der Waals surface area contributed by atoms with Crippen LogP contribution in [0.15, 0.2) is 22.6 Å². The third kappa shape index (κ3) is 1.12. The van der Waals surface area contributed by atoms with E-state index in [1.54, 1.807) is 6.07 Å². The molecule has 0 saturated carbocycles. The second-order valence-corrected chi connectivity index (χ2v) is 2.85. The molecular weight excluding hydrogens is 160 g/mol. The molecule has 55 valence electrons. The minimum atomic E-state index is 0.623. The van der Waals surface area contributed by atoms with Crippen LogP contribution in [0.4, 0.5) is 0 Å². The molecule has 0 aliphatic heterocycles. The van der Waals surface area contributed by atoms with E-state index in [-0.39, 0.29) is 0 Å². The summed E-state index contributed by atoms with van der Waals surface area (Å²) in [6, 6.07) is 8.52. The molecule has 0 fully saturated rings. The number of hydrogen-bond acceptors (Lipinski definition) is 1. The van der Waals surface area contributed by atoms with E-state index in [9.17, 15) is 0 Å². The molecule has 0 unspecified atom stereocenters. The van der Waals surface area contributed by atoms with Crippen LogP contribution in [-0.4, -0.2) is 0 Å². The van der Waals surface area contributed by atoms with Gasteiger partial charge < -0.3 is 4.42 Å². The number of halogens is 1. The molecule has 2 aromatic rings. The Hall–Kier alpha value is -0.950. The highest BCUT2D eigenvalue weighted by molar-refractivity contribution is 6.31. The summed E-state index contributed by atoms with van der Waals surface area (Å²) in [5.74, 6) is 0.888. The first-order chi connectivity index (χ1) is 5.25. The van der Waals surface area contributed by atoms with E-state index in [2.05, 4.69) is 6.07 Å². The first kappa shape index (κ1) is 6.74. The Balaban J connectivity index is 2.82. The van der Waals surface area contributed by atoms with Crippen LogP contribution in [0.5, 0.6) is 0 Å². The van der Waals surface area contributed by atoms with Gasteiger partial charge in [-0.2, -0.15) is 0 Å². The highest BCUT2D eigenvalue weighted by Gasteiger charge is 1.99. The van der Waals surface area contributed by atoms with Gasteiger partial charge in [-0.3, -0.25) is 0 Å². The summed E-state index contributed by atoms with van der Waals surface area (Å²) in [6.07, 6.45) is 0. The molecule has 0 bridgehead atoms. The van der Waals surface area contributed by atoms with E-state index >= 15 is 0 Å².